The molecule has 33 heavy (non-hydrogen) atoms. The van der Waals surface area contributed by atoms with E-state index in [-0.39, 0.29) is 40.4 Å². The molecule has 0 saturated carbocycles. The Kier molecular flexibility index (Phi) is 5.91. The topological polar surface area (TPSA) is 84.9 Å². The van der Waals surface area contributed by atoms with Gasteiger partial charge in [-0.15, -0.1) is 0 Å². The van der Waals surface area contributed by atoms with Gasteiger partial charge in [-0.1, -0.05) is 12.1 Å². The highest BCUT2D eigenvalue weighted by Gasteiger charge is 2.52. The number of H-pyrrole nitrogens is 1. The fourth-order valence-electron chi connectivity index (χ4n) is 4.19. The molecule has 0 amide bonds. The maximum Gasteiger partial charge on any atom is 0.416 e. The molecule has 1 fully saturated rings. The number of quaternary nitrogens is 1. The molecule has 4 rings (SSSR count). The Morgan fingerprint density at radius 1 is 1.18 bits per heavy atom. The molecule has 1 aliphatic rings. The van der Waals surface area contributed by atoms with Gasteiger partial charge in [0.15, 0.2) is 0 Å². The zero-order valence-electron chi connectivity index (χ0n) is 17.5. The van der Waals surface area contributed by atoms with E-state index in [0.717, 1.165) is 18.3 Å². The van der Waals surface area contributed by atoms with Crippen LogP contribution in [-0.2, 0) is 16.2 Å². The first-order valence-electron chi connectivity index (χ1n) is 9.99. The van der Waals surface area contributed by atoms with Crippen molar-refractivity contribution >= 4 is 10.0 Å². The van der Waals surface area contributed by atoms with Gasteiger partial charge in [0.05, 0.1) is 37.7 Å². The number of benzene rings is 1. The van der Waals surface area contributed by atoms with Crippen LogP contribution in [0.4, 0.5) is 17.6 Å². The SMILES string of the molecule is C[N@+]1(S(=O)(=O)c2cnc[nH]2)CC(COc2cc(C(F)(F)F)ccn2)[C@H](c2ccc(F)cc2)C1. The molecule has 0 spiro atoms. The van der Waals surface area contributed by atoms with Crippen molar-refractivity contribution < 1.29 is 34.6 Å². The first-order chi connectivity index (χ1) is 15.5. The van der Waals surface area contributed by atoms with E-state index in [1.54, 1.807) is 19.2 Å². The molecular formula is C21H21F4N4O3S+. The predicted molar refractivity (Wildman–Crippen MR) is 109 cm³/mol. The second kappa shape index (κ2) is 8.41. The minimum atomic E-state index is -4.54. The van der Waals surface area contributed by atoms with Crippen molar-refractivity contribution in [2.24, 2.45) is 5.92 Å². The standard InChI is InChI=1S/C21H21F4N4O3S/c1-29(33(30,31)20-9-26-13-28-20)10-15(18(11-29)14-2-4-17(22)5-3-14)12-32-19-8-16(6-7-27-19)21(23,24)25/h2-9,13,15,18H,10-12H2,1H3,(H,26,28)/q+1/t15?,18-,29-/m0/s1. The van der Waals surface area contributed by atoms with Crippen LogP contribution >= 0.6 is 0 Å². The Labute approximate surface area is 187 Å². The molecule has 1 N–H and O–H groups in total. The summed E-state index contributed by atoms with van der Waals surface area (Å²) in [5.74, 6) is -1.38. The molecule has 3 aromatic rings. The minimum Gasteiger partial charge on any atom is -0.477 e. The van der Waals surface area contributed by atoms with Gasteiger partial charge in [0.2, 0.25) is 10.9 Å². The minimum absolute atomic E-state index is 0.0380. The molecule has 1 aliphatic heterocycles. The van der Waals surface area contributed by atoms with Crippen molar-refractivity contribution in [3.05, 3.63) is 72.1 Å². The molecule has 3 atom stereocenters. The van der Waals surface area contributed by atoms with Crippen molar-refractivity contribution in [3.8, 4) is 5.88 Å². The number of ether oxygens (including phenoxy) is 1. The van der Waals surface area contributed by atoms with E-state index in [0.29, 0.717) is 5.56 Å². The first kappa shape index (κ1) is 23.2. The fourth-order valence-corrected chi connectivity index (χ4v) is 5.81. The average Bonchev–Trinajstić information content (AvgIpc) is 3.42. The van der Waals surface area contributed by atoms with Crippen LogP contribution in [0, 0.1) is 11.7 Å². The summed E-state index contributed by atoms with van der Waals surface area (Å²) in [7, 11) is -2.30. The number of nitrogens with one attached hydrogen (secondary N) is 1. The number of likely N-dealkylation sites (N-methyl/N-ethyl adjacent to an activating group) is 1. The lowest BCUT2D eigenvalue weighted by atomic mass is 9.89. The number of rotatable bonds is 6. The smallest absolute Gasteiger partial charge is 0.416 e. The summed E-state index contributed by atoms with van der Waals surface area (Å²) < 4.78 is 84.3. The number of imidazole rings is 1. The summed E-state index contributed by atoms with van der Waals surface area (Å²) in [4.78, 5) is 10.3. The van der Waals surface area contributed by atoms with E-state index in [1.165, 1.54) is 24.7 Å². The number of pyridine rings is 1. The monoisotopic (exact) mass is 485 g/mol. The molecule has 1 unspecified atom stereocenters. The van der Waals surface area contributed by atoms with E-state index < -0.39 is 33.5 Å². The van der Waals surface area contributed by atoms with Crippen molar-refractivity contribution in [1.29, 1.82) is 0 Å². The molecule has 3 heterocycles. The molecule has 12 heteroatoms. The summed E-state index contributed by atoms with van der Waals surface area (Å²) in [6, 6.07) is 7.37. The zero-order chi connectivity index (χ0) is 23.9. The number of halogens is 4. The highest BCUT2D eigenvalue weighted by atomic mass is 32.2. The van der Waals surface area contributed by atoms with Crippen LogP contribution < -0.4 is 4.74 Å². The van der Waals surface area contributed by atoms with Gasteiger partial charge < -0.3 is 9.72 Å². The number of hydrogen-bond acceptors (Lipinski definition) is 5. The van der Waals surface area contributed by atoms with E-state index in [2.05, 4.69) is 15.0 Å². The first-order valence-corrected chi connectivity index (χ1v) is 11.4. The normalized spacial score (nSPS) is 23.5. The van der Waals surface area contributed by atoms with Gasteiger partial charge >= 0.3 is 16.2 Å². The van der Waals surface area contributed by atoms with Crippen LogP contribution in [0.1, 0.15) is 17.0 Å². The summed E-state index contributed by atoms with van der Waals surface area (Å²) >= 11 is 0. The number of aromatic amines is 1. The summed E-state index contributed by atoms with van der Waals surface area (Å²) in [6.07, 6.45) is -1.04. The Hall–Kier alpha value is -2.99. The van der Waals surface area contributed by atoms with Crippen LogP contribution in [0.15, 0.2) is 60.1 Å². The number of likely N-dealkylation sites (tertiary alicyclic amines) is 1. The Morgan fingerprint density at radius 3 is 2.55 bits per heavy atom. The van der Waals surface area contributed by atoms with Gasteiger partial charge in [-0.2, -0.15) is 21.6 Å². The number of alkyl halides is 3. The lowest BCUT2D eigenvalue weighted by molar-refractivity contribution is -0.773. The lowest BCUT2D eigenvalue weighted by Gasteiger charge is -2.27. The zero-order valence-corrected chi connectivity index (χ0v) is 18.3. The number of aromatic nitrogens is 3. The van der Waals surface area contributed by atoms with E-state index in [9.17, 15) is 26.0 Å². The van der Waals surface area contributed by atoms with Crippen molar-refractivity contribution in [3.63, 3.8) is 0 Å². The quantitative estimate of drug-likeness (QED) is 0.426. The largest absolute Gasteiger partial charge is 0.477 e. The van der Waals surface area contributed by atoms with Gasteiger partial charge in [-0.25, -0.2) is 18.2 Å². The second-order valence-corrected chi connectivity index (χ2v) is 10.4. The van der Waals surface area contributed by atoms with Gasteiger partial charge in [-0.05, 0) is 23.8 Å². The van der Waals surface area contributed by atoms with E-state index >= 15 is 0 Å². The maximum atomic E-state index is 13.5. The molecular weight excluding hydrogens is 464 g/mol. The van der Waals surface area contributed by atoms with E-state index in [4.69, 9.17) is 4.74 Å². The maximum absolute atomic E-state index is 13.5. The van der Waals surface area contributed by atoms with Crippen molar-refractivity contribution in [2.45, 2.75) is 17.1 Å². The second-order valence-electron chi connectivity index (χ2n) is 8.16. The molecule has 1 saturated heterocycles. The highest BCUT2D eigenvalue weighted by molar-refractivity contribution is 7.85. The number of hydrogen-bond donors (Lipinski definition) is 1. The van der Waals surface area contributed by atoms with E-state index in [1.807, 2.05) is 0 Å². The third-order valence-corrected chi connectivity index (χ3v) is 8.15. The van der Waals surface area contributed by atoms with Gasteiger partial charge in [0.1, 0.15) is 18.9 Å². The average molecular weight is 485 g/mol. The highest BCUT2D eigenvalue weighted by Crippen LogP contribution is 2.40. The molecule has 2 aromatic heterocycles. The van der Waals surface area contributed by atoms with Crippen LogP contribution in [0.5, 0.6) is 5.88 Å². The van der Waals surface area contributed by atoms with Gasteiger partial charge in [0, 0.05) is 18.2 Å². The Morgan fingerprint density at radius 2 is 1.91 bits per heavy atom. The molecule has 176 valence electrons. The molecule has 1 aromatic carbocycles. The predicted octanol–water partition coefficient (Wildman–Crippen LogP) is 3.59. The third kappa shape index (κ3) is 4.58. The van der Waals surface area contributed by atoms with Crippen LogP contribution in [0.3, 0.4) is 0 Å². The lowest BCUT2D eigenvalue weighted by Crippen LogP contribution is -2.47. The fraction of sp³-hybridized carbons (Fsp3) is 0.333. The van der Waals surface area contributed by atoms with Gasteiger partial charge in [-0.3, -0.25) is 0 Å². The molecule has 0 aliphatic carbocycles. The van der Waals surface area contributed by atoms with Crippen LogP contribution in [0.2, 0.25) is 0 Å². The van der Waals surface area contributed by atoms with Crippen molar-refractivity contribution in [2.75, 3.05) is 26.7 Å². The molecule has 0 bridgehead atoms. The summed E-state index contributed by atoms with van der Waals surface area (Å²) in [5.41, 5.74) is -0.180. The molecule has 7 nitrogen and oxygen atoms in total. The van der Waals surface area contributed by atoms with Gasteiger partial charge in [0.25, 0.3) is 0 Å². The van der Waals surface area contributed by atoms with Crippen LogP contribution in [0.25, 0.3) is 0 Å². The van der Waals surface area contributed by atoms with Crippen LogP contribution in [-0.4, -0.2) is 54.0 Å². The third-order valence-electron chi connectivity index (χ3n) is 5.91. The summed E-state index contributed by atoms with van der Waals surface area (Å²) in [6.45, 7) is 0.224. The number of sulfonamides is 1. The molecule has 0 radical (unpaired) electrons. The Bertz CT molecular complexity index is 1220. The Balaban J connectivity index is 1.62. The summed E-state index contributed by atoms with van der Waals surface area (Å²) in [5, 5.41) is -0.0380. The van der Waals surface area contributed by atoms with Crippen molar-refractivity contribution in [1.82, 2.24) is 15.0 Å². The number of nitrogens with zero attached hydrogens (tertiary/aromatic N) is 3.